The number of hydrogen-bond acceptors (Lipinski definition) is 3. The molecule has 0 amide bonds. The number of fused-ring (bicyclic) bond motifs is 1. The van der Waals surface area contributed by atoms with Crippen molar-refractivity contribution in [3.05, 3.63) is 58.6 Å². The van der Waals surface area contributed by atoms with E-state index in [1.165, 1.54) is 6.34 Å². The van der Waals surface area contributed by atoms with Gasteiger partial charge in [0.15, 0.2) is 0 Å². The van der Waals surface area contributed by atoms with Gasteiger partial charge in [-0.3, -0.25) is 0 Å². The Hall–Kier alpha value is -1.85. The zero-order valence-electron chi connectivity index (χ0n) is 11.3. The first-order valence-electron chi connectivity index (χ1n) is 6.38. The Morgan fingerprint density at radius 2 is 1.86 bits per heavy atom. The first kappa shape index (κ1) is 14.1. The summed E-state index contributed by atoms with van der Waals surface area (Å²) in [5.74, 6) is 0. The molecule has 2 aromatic carbocycles. The molecule has 108 valence electrons. The monoisotopic (exact) mass is 320 g/mol. The highest BCUT2D eigenvalue weighted by molar-refractivity contribution is 7.90. The minimum absolute atomic E-state index is 0.240. The van der Waals surface area contributed by atoms with Crippen molar-refractivity contribution in [3.8, 4) is 0 Å². The topological polar surface area (TPSA) is 49.7 Å². The summed E-state index contributed by atoms with van der Waals surface area (Å²) in [6.45, 7) is 2.46. The van der Waals surface area contributed by atoms with Crippen molar-refractivity contribution in [1.29, 1.82) is 0 Å². The quantitative estimate of drug-likeness (QED) is 0.852. The van der Waals surface area contributed by atoms with E-state index >= 15 is 0 Å². The molecular weight excluding hydrogens is 308 g/mol. The van der Waals surface area contributed by atoms with Crippen LogP contribution >= 0.6 is 11.6 Å². The summed E-state index contributed by atoms with van der Waals surface area (Å²) in [7, 11) is -3.58. The molecular formula is C15H13ClN2O2S. The lowest BCUT2D eigenvalue weighted by Gasteiger charge is -2.25. The number of halogens is 1. The van der Waals surface area contributed by atoms with Gasteiger partial charge in [0.05, 0.1) is 5.69 Å². The maximum absolute atomic E-state index is 12.0. The first-order valence-corrected chi connectivity index (χ1v) is 8.20. The van der Waals surface area contributed by atoms with Gasteiger partial charge in [-0.15, -0.1) is 4.40 Å². The number of hydrogen-bond donors (Lipinski definition) is 0. The first-order chi connectivity index (χ1) is 9.95. The van der Waals surface area contributed by atoms with Gasteiger partial charge >= 0.3 is 0 Å². The van der Waals surface area contributed by atoms with Crippen LogP contribution in [-0.2, 0) is 16.6 Å². The Bertz CT molecular complexity index is 814. The van der Waals surface area contributed by atoms with Crippen molar-refractivity contribution in [2.24, 2.45) is 4.40 Å². The predicted molar refractivity (Wildman–Crippen MR) is 84.5 cm³/mol. The third kappa shape index (κ3) is 2.80. The normalized spacial score (nSPS) is 15.8. The molecule has 1 heterocycles. The van der Waals surface area contributed by atoms with Crippen LogP contribution in [0.25, 0.3) is 0 Å². The van der Waals surface area contributed by atoms with Crippen molar-refractivity contribution in [2.45, 2.75) is 18.4 Å². The molecule has 0 N–H and O–H groups in total. The van der Waals surface area contributed by atoms with E-state index in [0.717, 1.165) is 11.1 Å². The number of anilines is 1. The van der Waals surface area contributed by atoms with Crippen LogP contribution < -0.4 is 4.90 Å². The smallest absolute Gasteiger partial charge is 0.285 e. The van der Waals surface area contributed by atoms with E-state index in [1.807, 2.05) is 42.2 Å². The fourth-order valence-corrected chi connectivity index (χ4v) is 3.38. The lowest BCUT2D eigenvalue weighted by atomic mass is 10.1. The molecule has 6 heteroatoms. The summed E-state index contributed by atoms with van der Waals surface area (Å²) in [5.41, 5.74) is 2.68. The zero-order valence-corrected chi connectivity index (χ0v) is 12.9. The van der Waals surface area contributed by atoms with Gasteiger partial charge < -0.3 is 4.90 Å². The summed E-state index contributed by atoms with van der Waals surface area (Å²) >= 11 is 5.87. The second kappa shape index (κ2) is 5.16. The molecule has 0 saturated carbocycles. The van der Waals surface area contributed by atoms with Gasteiger partial charge in [-0.05, 0) is 42.3 Å². The Morgan fingerprint density at radius 3 is 2.57 bits per heavy atom. The van der Waals surface area contributed by atoms with Gasteiger partial charge in [-0.2, -0.15) is 8.42 Å². The number of rotatable bonds is 2. The molecule has 0 radical (unpaired) electrons. The van der Waals surface area contributed by atoms with Crippen LogP contribution in [0.4, 0.5) is 5.69 Å². The summed E-state index contributed by atoms with van der Waals surface area (Å²) in [6, 6.07) is 12.7. The fraction of sp³-hybridized carbons (Fsp3) is 0.133. The number of aryl methyl sites for hydroxylation is 1. The largest absolute Gasteiger partial charge is 0.326 e. The van der Waals surface area contributed by atoms with E-state index in [1.54, 1.807) is 12.1 Å². The molecule has 0 spiro atoms. The molecule has 0 fully saturated rings. The van der Waals surface area contributed by atoms with Gasteiger partial charge in [0.1, 0.15) is 11.2 Å². The number of sulfonamides is 1. The van der Waals surface area contributed by atoms with E-state index in [2.05, 4.69) is 4.40 Å². The lowest BCUT2D eigenvalue weighted by Crippen LogP contribution is -2.26. The Labute approximate surface area is 128 Å². The van der Waals surface area contributed by atoms with Gasteiger partial charge in [-0.1, -0.05) is 29.8 Å². The highest BCUT2D eigenvalue weighted by atomic mass is 35.5. The van der Waals surface area contributed by atoms with E-state index in [0.29, 0.717) is 17.3 Å². The average Bonchev–Trinajstić information content (AvgIpc) is 2.44. The van der Waals surface area contributed by atoms with E-state index < -0.39 is 10.0 Å². The van der Waals surface area contributed by atoms with Crippen molar-refractivity contribution in [3.63, 3.8) is 0 Å². The molecule has 0 atom stereocenters. The third-order valence-corrected chi connectivity index (χ3v) is 4.82. The SMILES string of the molecule is Cc1ccc2c(c1)N(Cc1ccc(Cl)cc1)C=NS2(=O)=O. The summed E-state index contributed by atoms with van der Waals surface area (Å²) in [5, 5.41) is 0.671. The van der Waals surface area contributed by atoms with Crippen molar-refractivity contribution in [2.75, 3.05) is 4.90 Å². The second-order valence-corrected chi connectivity index (χ2v) is 6.96. The van der Waals surface area contributed by atoms with Gasteiger partial charge in [-0.25, -0.2) is 0 Å². The van der Waals surface area contributed by atoms with Crippen LogP contribution in [0.1, 0.15) is 11.1 Å². The zero-order chi connectivity index (χ0) is 15.0. The van der Waals surface area contributed by atoms with Crippen molar-refractivity contribution >= 4 is 33.7 Å². The van der Waals surface area contributed by atoms with Crippen molar-refractivity contribution < 1.29 is 8.42 Å². The molecule has 21 heavy (non-hydrogen) atoms. The molecule has 1 aliphatic heterocycles. The average molecular weight is 321 g/mol. The van der Waals surface area contributed by atoms with Crippen LogP contribution in [0.15, 0.2) is 51.8 Å². The van der Waals surface area contributed by atoms with Crippen LogP contribution in [0, 0.1) is 6.92 Å². The lowest BCUT2D eigenvalue weighted by molar-refractivity contribution is 0.597. The Kier molecular flexibility index (Phi) is 3.47. The molecule has 0 aromatic heterocycles. The fourth-order valence-electron chi connectivity index (χ4n) is 2.22. The molecule has 0 saturated heterocycles. The third-order valence-electron chi connectivity index (χ3n) is 3.29. The Morgan fingerprint density at radius 1 is 1.14 bits per heavy atom. The number of benzene rings is 2. The molecule has 4 nitrogen and oxygen atoms in total. The molecule has 1 aliphatic rings. The molecule has 2 aromatic rings. The maximum atomic E-state index is 12.0. The molecule has 0 unspecified atom stereocenters. The van der Waals surface area contributed by atoms with Gasteiger partial charge in [0.2, 0.25) is 0 Å². The van der Waals surface area contributed by atoms with Gasteiger partial charge in [0, 0.05) is 11.6 Å². The van der Waals surface area contributed by atoms with E-state index in [4.69, 9.17) is 11.6 Å². The standard InChI is InChI=1S/C15H13ClN2O2S/c1-11-2-7-15-14(8-11)18(10-17-21(15,19)20)9-12-3-5-13(16)6-4-12/h2-8,10H,9H2,1H3. The highest BCUT2D eigenvalue weighted by Crippen LogP contribution is 2.31. The van der Waals surface area contributed by atoms with Gasteiger partial charge in [0.25, 0.3) is 10.0 Å². The van der Waals surface area contributed by atoms with E-state index in [-0.39, 0.29) is 4.90 Å². The van der Waals surface area contributed by atoms with Crippen LogP contribution in [-0.4, -0.2) is 14.8 Å². The molecule has 0 bridgehead atoms. The number of nitrogens with zero attached hydrogens (tertiary/aromatic N) is 2. The highest BCUT2D eigenvalue weighted by Gasteiger charge is 2.25. The minimum atomic E-state index is -3.58. The predicted octanol–water partition coefficient (Wildman–Crippen LogP) is 3.39. The summed E-state index contributed by atoms with van der Waals surface area (Å²) < 4.78 is 27.6. The van der Waals surface area contributed by atoms with Crippen LogP contribution in [0.5, 0.6) is 0 Å². The molecule has 3 rings (SSSR count). The Balaban J connectivity index is 2.01. The van der Waals surface area contributed by atoms with Crippen molar-refractivity contribution in [1.82, 2.24) is 0 Å². The molecule has 0 aliphatic carbocycles. The summed E-state index contributed by atoms with van der Waals surface area (Å²) in [6.07, 6.45) is 1.37. The second-order valence-electron chi connectivity index (χ2n) is 4.92. The van der Waals surface area contributed by atoms with Crippen LogP contribution in [0.3, 0.4) is 0 Å². The minimum Gasteiger partial charge on any atom is -0.326 e. The van der Waals surface area contributed by atoms with Crippen LogP contribution in [0.2, 0.25) is 5.02 Å². The maximum Gasteiger partial charge on any atom is 0.285 e. The van der Waals surface area contributed by atoms with E-state index in [9.17, 15) is 8.42 Å². The summed E-state index contributed by atoms with van der Waals surface area (Å²) in [4.78, 5) is 2.07.